The van der Waals surface area contributed by atoms with Gasteiger partial charge in [-0.05, 0) is 38.4 Å². The molecule has 1 saturated heterocycles. The molecule has 0 saturated carbocycles. The van der Waals surface area contributed by atoms with E-state index in [4.69, 9.17) is 5.73 Å². The van der Waals surface area contributed by atoms with E-state index in [1.807, 2.05) is 19.2 Å². The minimum absolute atomic E-state index is 0.745. The van der Waals surface area contributed by atoms with Gasteiger partial charge in [-0.3, -0.25) is 0 Å². The van der Waals surface area contributed by atoms with Crippen molar-refractivity contribution < 1.29 is 0 Å². The van der Waals surface area contributed by atoms with Gasteiger partial charge < -0.3 is 15.5 Å². The first-order valence-corrected chi connectivity index (χ1v) is 6.18. The van der Waals surface area contributed by atoms with Crippen LogP contribution in [0.15, 0.2) is 12.3 Å². The summed E-state index contributed by atoms with van der Waals surface area (Å²) in [4.78, 5) is 9.02. The average molecular weight is 234 g/mol. The van der Waals surface area contributed by atoms with Crippen LogP contribution in [0, 0.1) is 12.8 Å². The summed E-state index contributed by atoms with van der Waals surface area (Å²) in [6.45, 7) is 5.44. The first-order chi connectivity index (χ1) is 8.06. The highest BCUT2D eigenvalue weighted by atomic mass is 15.2. The van der Waals surface area contributed by atoms with Crippen LogP contribution in [0.5, 0.6) is 0 Å². The smallest absolute Gasteiger partial charge is 0.130 e. The molecule has 1 aromatic rings. The van der Waals surface area contributed by atoms with E-state index in [1.54, 1.807) is 0 Å². The number of hydrogen-bond acceptors (Lipinski definition) is 4. The van der Waals surface area contributed by atoms with Gasteiger partial charge in [0, 0.05) is 38.1 Å². The van der Waals surface area contributed by atoms with E-state index >= 15 is 0 Å². The fourth-order valence-electron chi connectivity index (χ4n) is 2.39. The van der Waals surface area contributed by atoms with Crippen molar-refractivity contribution in [2.24, 2.45) is 5.92 Å². The summed E-state index contributed by atoms with van der Waals surface area (Å²) in [7, 11) is 4.28. The van der Waals surface area contributed by atoms with Crippen LogP contribution in [-0.2, 0) is 0 Å². The van der Waals surface area contributed by atoms with Crippen molar-refractivity contribution in [2.45, 2.75) is 13.3 Å². The molecule has 1 fully saturated rings. The van der Waals surface area contributed by atoms with E-state index < -0.39 is 0 Å². The maximum absolute atomic E-state index is 5.91. The first kappa shape index (κ1) is 12.2. The molecule has 2 heterocycles. The second kappa shape index (κ2) is 4.92. The first-order valence-electron chi connectivity index (χ1n) is 6.18. The van der Waals surface area contributed by atoms with Gasteiger partial charge in [0.2, 0.25) is 0 Å². The van der Waals surface area contributed by atoms with E-state index in [2.05, 4.69) is 28.9 Å². The van der Waals surface area contributed by atoms with Crippen molar-refractivity contribution in [2.75, 3.05) is 44.4 Å². The SMILES string of the molecule is Cc1cnc(N(C)CC2CCN(C)C2)cc1N. The number of nitrogens with two attached hydrogens (primary N) is 1. The van der Waals surface area contributed by atoms with E-state index in [1.165, 1.54) is 19.5 Å². The van der Waals surface area contributed by atoms with Crippen molar-refractivity contribution >= 4 is 11.5 Å². The number of aromatic nitrogens is 1. The third-order valence-electron chi connectivity index (χ3n) is 3.54. The maximum Gasteiger partial charge on any atom is 0.130 e. The summed E-state index contributed by atoms with van der Waals surface area (Å²) < 4.78 is 0. The molecule has 0 aromatic carbocycles. The Bertz CT molecular complexity index is 391. The van der Waals surface area contributed by atoms with E-state index in [-0.39, 0.29) is 0 Å². The van der Waals surface area contributed by atoms with Gasteiger partial charge in [0.1, 0.15) is 5.82 Å². The highest BCUT2D eigenvalue weighted by molar-refractivity contribution is 5.54. The van der Waals surface area contributed by atoms with Crippen LogP contribution < -0.4 is 10.6 Å². The summed E-state index contributed by atoms with van der Waals surface area (Å²) in [5, 5.41) is 0. The Kier molecular flexibility index (Phi) is 3.52. The lowest BCUT2D eigenvalue weighted by molar-refractivity contribution is 0.395. The normalized spacial score (nSPS) is 20.8. The molecule has 2 N–H and O–H groups in total. The lowest BCUT2D eigenvalue weighted by Gasteiger charge is -2.22. The molecule has 17 heavy (non-hydrogen) atoms. The molecule has 1 aliphatic rings. The fraction of sp³-hybridized carbons (Fsp3) is 0.615. The highest BCUT2D eigenvalue weighted by Gasteiger charge is 2.21. The van der Waals surface area contributed by atoms with Crippen LogP contribution in [0.2, 0.25) is 0 Å². The largest absolute Gasteiger partial charge is 0.398 e. The number of nitrogens with zero attached hydrogens (tertiary/aromatic N) is 3. The van der Waals surface area contributed by atoms with Gasteiger partial charge in [-0.15, -0.1) is 0 Å². The van der Waals surface area contributed by atoms with E-state index in [9.17, 15) is 0 Å². The van der Waals surface area contributed by atoms with Gasteiger partial charge in [-0.25, -0.2) is 4.98 Å². The summed E-state index contributed by atoms with van der Waals surface area (Å²) in [6.07, 6.45) is 3.13. The quantitative estimate of drug-likeness (QED) is 0.858. The van der Waals surface area contributed by atoms with Crippen LogP contribution in [0.3, 0.4) is 0 Å². The molecule has 0 amide bonds. The Morgan fingerprint density at radius 2 is 2.35 bits per heavy atom. The minimum atomic E-state index is 0.745. The molecule has 94 valence electrons. The summed E-state index contributed by atoms with van der Waals surface area (Å²) >= 11 is 0. The van der Waals surface area contributed by atoms with Crippen molar-refractivity contribution in [1.29, 1.82) is 0 Å². The van der Waals surface area contributed by atoms with Crippen LogP contribution in [0.1, 0.15) is 12.0 Å². The highest BCUT2D eigenvalue weighted by Crippen LogP contribution is 2.20. The van der Waals surface area contributed by atoms with Gasteiger partial charge in [-0.2, -0.15) is 0 Å². The van der Waals surface area contributed by atoms with E-state index in [0.717, 1.165) is 29.5 Å². The molecule has 1 unspecified atom stereocenters. The molecule has 4 heteroatoms. The van der Waals surface area contributed by atoms with Crippen LogP contribution in [-0.4, -0.2) is 43.6 Å². The number of anilines is 2. The second-order valence-electron chi connectivity index (χ2n) is 5.20. The maximum atomic E-state index is 5.91. The van der Waals surface area contributed by atoms with Crippen molar-refractivity contribution in [3.05, 3.63) is 17.8 Å². The molecule has 2 rings (SSSR count). The third kappa shape index (κ3) is 2.88. The number of nitrogen functional groups attached to an aromatic ring is 1. The monoisotopic (exact) mass is 234 g/mol. The number of pyridine rings is 1. The van der Waals surface area contributed by atoms with Crippen molar-refractivity contribution in [1.82, 2.24) is 9.88 Å². The van der Waals surface area contributed by atoms with Gasteiger partial charge in [0.15, 0.2) is 0 Å². The lowest BCUT2D eigenvalue weighted by Crippen LogP contribution is -2.27. The number of rotatable bonds is 3. The Labute approximate surface area is 103 Å². The average Bonchev–Trinajstić information content (AvgIpc) is 2.68. The number of likely N-dealkylation sites (tertiary alicyclic amines) is 1. The molecule has 0 spiro atoms. The Morgan fingerprint density at radius 3 is 2.94 bits per heavy atom. The number of hydrogen-bond donors (Lipinski definition) is 1. The van der Waals surface area contributed by atoms with Gasteiger partial charge in [0.25, 0.3) is 0 Å². The summed E-state index contributed by atoms with van der Waals surface area (Å²) in [6, 6.07) is 1.97. The lowest BCUT2D eigenvalue weighted by atomic mass is 10.1. The zero-order valence-electron chi connectivity index (χ0n) is 11.0. The summed E-state index contributed by atoms with van der Waals surface area (Å²) in [5.41, 5.74) is 7.78. The molecule has 1 atom stereocenters. The van der Waals surface area contributed by atoms with Gasteiger partial charge in [-0.1, -0.05) is 0 Å². The predicted molar refractivity (Wildman–Crippen MR) is 72.3 cm³/mol. The molecule has 4 nitrogen and oxygen atoms in total. The zero-order valence-corrected chi connectivity index (χ0v) is 11.0. The Hall–Kier alpha value is -1.29. The zero-order chi connectivity index (χ0) is 12.4. The molecule has 0 aliphatic carbocycles. The molecule has 1 aromatic heterocycles. The fourth-order valence-corrected chi connectivity index (χ4v) is 2.39. The van der Waals surface area contributed by atoms with Crippen LogP contribution in [0.4, 0.5) is 11.5 Å². The van der Waals surface area contributed by atoms with Crippen molar-refractivity contribution in [3.8, 4) is 0 Å². The van der Waals surface area contributed by atoms with Gasteiger partial charge in [0.05, 0.1) is 0 Å². The summed E-state index contributed by atoms with van der Waals surface area (Å²) in [5.74, 6) is 1.72. The Balaban J connectivity index is 1.99. The molecule has 0 radical (unpaired) electrons. The Morgan fingerprint density at radius 1 is 1.59 bits per heavy atom. The second-order valence-corrected chi connectivity index (χ2v) is 5.20. The number of aryl methyl sites for hydroxylation is 1. The molecular weight excluding hydrogens is 212 g/mol. The van der Waals surface area contributed by atoms with E-state index in [0.29, 0.717) is 0 Å². The minimum Gasteiger partial charge on any atom is -0.398 e. The standard InChI is InChI=1S/C13H22N4/c1-10-7-15-13(6-12(10)14)17(3)9-11-4-5-16(2)8-11/h6-7,11H,4-5,8-9H2,1-3H3,(H2,14,15). The molecule has 0 bridgehead atoms. The molecular formula is C13H22N4. The van der Waals surface area contributed by atoms with Crippen LogP contribution >= 0.6 is 0 Å². The van der Waals surface area contributed by atoms with Crippen LogP contribution in [0.25, 0.3) is 0 Å². The topological polar surface area (TPSA) is 45.4 Å². The third-order valence-corrected chi connectivity index (χ3v) is 3.54. The molecule has 1 aliphatic heterocycles. The predicted octanol–water partition coefficient (Wildman–Crippen LogP) is 1.36. The van der Waals surface area contributed by atoms with Gasteiger partial charge >= 0.3 is 0 Å². The van der Waals surface area contributed by atoms with Crippen molar-refractivity contribution in [3.63, 3.8) is 0 Å².